The highest BCUT2D eigenvalue weighted by Gasteiger charge is 2.34. The summed E-state index contributed by atoms with van der Waals surface area (Å²) in [5, 5.41) is 2.79. The third kappa shape index (κ3) is 4.41. The smallest absolute Gasteiger partial charge is 0.408 e. The predicted octanol–water partition coefficient (Wildman–Crippen LogP) is 3.32. The number of nitrogens with one attached hydrogen (secondary N) is 1. The summed E-state index contributed by atoms with van der Waals surface area (Å²) < 4.78 is 45.8. The molecule has 1 fully saturated rings. The molecule has 1 aliphatic heterocycles. The third-order valence-electron chi connectivity index (χ3n) is 4.30. The molecule has 1 aromatic carbocycles. The number of halogens is 2. The number of amides is 1. The zero-order valence-corrected chi connectivity index (χ0v) is 16.4. The molecule has 0 radical (unpaired) electrons. The maximum absolute atomic E-state index is 13.8. The van der Waals surface area contributed by atoms with Crippen LogP contribution in [0.2, 0.25) is 0 Å². The Morgan fingerprint density at radius 1 is 1.36 bits per heavy atom. The second kappa shape index (κ2) is 8.00. The Bertz CT molecular complexity index is 857. The first-order chi connectivity index (χ1) is 13.2. The van der Waals surface area contributed by atoms with Gasteiger partial charge in [0.25, 0.3) is 0 Å². The van der Waals surface area contributed by atoms with Crippen LogP contribution < -0.4 is 5.32 Å². The molecule has 1 aromatic heterocycles. The number of carbonyl (C=O) groups excluding carboxylic acids is 1. The van der Waals surface area contributed by atoms with E-state index < -0.39 is 35.5 Å². The Balaban J connectivity index is 2.02. The van der Waals surface area contributed by atoms with Gasteiger partial charge in [0.2, 0.25) is 0 Å². The van der Waals surface area contributed by atoms with Crippen LogP contribution in [-0.4, -0.2) is 47.2 Å². The van der Waals surface area contributed by atoms with Crippen molar-refractivity contribution in [3.8, 4) is 0 Å². The fraction of sp³-hybridized carbons (Fsp3) is 0.579. The summed E-state index contributed by atoms with van der Waals surface area (Å²) >= 11 is 0. The molecule has 1 N–H and O–H groups in total. The molecule has 2 unspecified atom stereocenters. The van der Waals surface area contributed by atoms with Crippen molar-refractivity contribution in [1.82, 2.24) is 14.9 Å². The van der Waals surface area contributed by atoms with E-state index in [1.807, 2.05) is 6.92 Å². The van der Waals surface area contributed by atoms with Crippen LogP contribution in [0.5, 0.6) is 0 Å². The van der Waals surface area contributed by atoms with Gasteiger partial charge in [0, 0.05) is 18.7 Å². The molecule has 7 nitrogen and oxygen atoms in total. The highest BCUT2D eigenvalue weighted by molar-refractivity contribution is 5.77. The number of hydrogen-bond acceptors (Lipinski definition) is 5. The van der Waals surface area contributed by atoms with Gasteiger partial charge in [0.1, 0.15) is 23.6 Å². The van der Waals surface area contributed by atoms with Crippen LogP contribution in [0.25, 0.3) is 11.0 Å². The van der Waals surface area contributed by atoms with Crippen LogP contribution in [0.1, 0.15) is 39.6 Å². The fourth-order valence-corrected chi connectivity index (χ4v) is 3.17. The molecule has 1 saturated heterocycles. The van der Waals surface area contributed by atoms with Crippen LogP contribution in [-0.2, 0) is 20.8 Å². The average Bonchev–Trinajstić information content (AvgIpc) is 2.96. The fourth-order valence-electron chi connectivity index (χ4n) is 3.17. The molecule has 2 atom stereocenters. The molecule has 0 bridgehead atoms. The summed E-state index contributed by atoms with van der Waals surface area (Å²) in [6, 6.07) is 1.44. The second-order valence-electron chi connectivity index (χ2n) is 7.58. The molecular formula is C19H25F2N3O4. The lowest BCUT2D eigenvalue weighted by molar-refractivity contribution is -0.103. The van der Waals surface area contributed by atoms with Crippen molar-refractivity contribution >= 4 is 17.1 Å². The number of aromatic nitrogens is 2. The summed E-state index contributed by atoms with van der Waals surface area (Å²) in [7, 11) is 0. The molecule has 28 heavy (non-hydrogen) atoms. The van der Waals surface area contributed by atoms with Crippen molar-refractivity contribution in [2.24, 2.45) is 0 Å². The lowest BCUT2D eigenvalue weighted by Crippen LogP contribution is -2.45. The first kappa shape index (κ1) is 20.5. The number of carbonyl (C=O) groups is 1. The van der Waals surface area contributed by atoms with Crippen LogP contribution in [0, 0.1) is 11.6 Å². The molecule has 154 valence electrons. The molecule has 1 aliphatic rings. The van der Waals surface area contributed by atoms with Gasteiger partial charge >= 0.3 is 6.09 Å². The molecular weight excluding hydrogens is 372 g/mol. The van der Waals surface area contributed by atoms with Gasteiger partial charge in [0.15, 0.2) is 11.6 Å². The molecule has 3 rings (SSSR count). The van der Waals surface area contributed by atoms with E-state index in [9.17, 15) is 13.6 Å². The van der Waals surface area contributed by atoms with E-state index in [1.54, 1.807) is 25.3 Å². The van der Waals surface area contributed by atoms with Gasteiger partial charge in [-0.05, 0) is 27.7 Å². The zero-order chi connectivity index (χ0) is 20.5. The van der Waals surface area contributed by atoms with E-state index in [4.69, 9.17) is 14.2 Å². The first-order valence-electron chi connectivity index (χ1n) is 9.23. The topological polar surface area (TPSA) is 74.6 Å². The number of alkyl carbamates (subject to hydrolysis) is 1. The van der Waals surface area contributed by atoms with Gasteiger partial charge in [-0.1, -0.05) is 0 Å². The minimum absolute atomic E-state index is 0.246. The van der Waals surface area contributed by atoms with E-state index in [2.05, 4.69) is 10.3 Å². The number of imidazole rings is 1. The normalized spacial score (nSPS) is 18.9. The van der Waals surface area contributed by atoms with Crippen molar-refractivity contribution in [3.63, 3.8) is 0 Å². The summed E-state index contributed by atoms with van der Waals surface area (Å²) in [6.45, 7) is 8.64. The standard InChI is InChI=1S/C19H25F2N3O4/c1-5-24-14-9-12(21)11(20)8-13(14)22-17(24)16(15-10-26-6-7-27-15)23-18(25)28-19(2,3)4/h8-9,15-16H,5-7,10H2,1-4H3,(H,23,25). The Morgan fingerprint density at radius 2 is 2.07 bits per heavy atom. The SMILES string of the molecule is CCn1c(C(NC(=O)OC(C)(C)C)C2COCCO2)nc2cc(F)c(F)cc21. The van der Waals surface area contributed by atoms with Crippen molar-refractivity contribution in [2.75, 3.05) is 19.8 Å². The van der Waals surface area contributed by atoms with Crippen molar-refractivity contribution in [1.29, 1.82) is 0 Å². The highest BCUT2D eigenvalue weighted by atomic mass is 19.2. The van der Waals surface area contributed by atoms with Gasteiger partial charge in [-0.2, -0.15) is 0 Å². The molecule has 9 heteroatoms. The molecule has 1 amide bonds. The van der Waals surface area contributed by atoms with Gasteiger partial charge in [-0.15, -0.1) is 0 Å². The predicted molar refractivity (Wildman–Crippen MR) is 98.0 cm³/mol. The molecule has 2 aromatic rings. The summed E-state index contributed by atoms with van der Waals surface area (Å²) in [4.78, 5) is 16.9. The minimum atomic E-state index is -0.978. The first-order valence-corrected chi connectivity index (χ1v) is 9.23. The van der Waals surface area contributed by atoms with Crippen LogP contribution >= 0.6 is 0 Å². The van der Waals surface area contributed by atoms with E-state index >= 15 is 0 Å². The minimum Gasteiger partial charge on any atom is -0.444 e. The van der Waals surface area contributed by atoms with Gasteiger partial charge in [-0.25, -0.2) is 18.6 Å². The van der Waals surface area contributed by atoms with Crippen LogP contribution in [0.15, 0.2) is 12.1 Å². The number of nitrogens with zero attached hydrogens (tertiary/aromatic N) is 2. The van der Waals surface area contributed by atoms with E-state index in [0.29, 0.717) is 36.6 Å². The quantitative estimate of drug-likeness (QED) is 0.857. The van der Waals surface area contributed by atoms with Gasteiger partial charge in [0.05, 0.1) is 30.9 Å². The van der Waals surface area contributed by atoms with Crippen molar-refractivity contribution < 1.29 is 27.8 Å². The van der Waals surface area contributed by atoms with E-state index in [-0.39, 0.29) is 6.61 Å². The maximum Gasteiger partial charge on any atom is 0.408 e. The molecule has 0 spiro atoms. The molecule has 0 aliphatic carbocycles. The third-order valence-corrected chi connectivity index (χ3v) is 4.30. The number of benzene rings is 1. The van der Waals surface area contributed by atoms with Crippen LogP contribution in [0.4, 0.5) is 13.6 Å². The monoisotopic (exact) mass is 397 g/mol. The number of ether oxygens (including phenoxy) is 3. The van der Waals surface area contributed by atoms with Gasteiger partial charge in [-0.3, -0.25) is 0 Å². The van der Waals surface area contributed by atoms with Crippen LogP contribution in [0.3, 0.4) is 0 Å². The molecule has 0 saturated carbocycles. The Kier molecular flexibility index (Phi) is 5.85. The summed E-state index contributed by atoms with van der Waals surface area (Å²) in [5.74, 6) is -1.51. The molecule has 2 heterocycles. The van der Waals surface area contributed by atoms with Crippen molar-refractivity contribution in [3.05, 3.63) is 29.6 Å². The highest BCUT2D eigenvalue weighted by Crippen LogP contribution is 2.27. The van der Waals surface area contributed by atoms with Gasteiger partial charge < -0.3 is 24.1 Å². The lowest BCUT2D eigenvalue weighted by atomic mass is 10.1. The van der Waals surface area contributed by atoms with E-state index in [1.165, 1.54) is 0 Å². The maximum atomic E-state index is 13.8. The second-order valence-corrected chi connectivity index (χ2v) is 7.58. The number of rotatable bonds is 4. The Morgan fingerprint density at radius 3 is 2.68 bits per heavy atom. The van der Waals surface area contributed by atoms with Crippen molar-refractivity contribution in [2.45, 2.75) is 52.0 Å². The Hall–Kier alpha value is -2.26. The number of aryl methyl sites for hydroxylation is 1. The Labute approximate surface area is 162 Å². The van der Waals surface area contributed by atoms with E-state index in [0.717, 1.165) is 12.1 Å². The number of hydrogen-bond donors (Lipinski definition) is 1. The average molecular weight is 397 g/mol. The zero-order valence-electron chi connectivity index (χ0n) is 16.4. The largest absolute Gasteiger partial charge is 0.444 e. The summed E-state index contributed by atoms with van der Waals surface area (Å²) in [5.41, 5.74) is 0.0444. The summed E-state index contributed by atoms with van der Waals surface area (Å²) in [6.07, 6.45) is -1.16. The lowest BCUT2D eigenvalue weighted by Gasteiger charge is -2.31. The number of fused-ring (bicyclic) bond motifs is 1.